The Morgan fingerprint density at radius 2 is 1.31 bits per heavy atom. The van der Waals surface area contributed by atoms with Crippen molar-refractivity contribution in [2.75, 3.05) is 0 Å². The van der Waals surface area contributed by atoms with Crippen LogP contribution in [0.2, 0.25) is 0 Å². The van der Waals surface area contributed by atoms with Gasteiger partial charge in [0.2, 0.25) is 0 Å². The summed E-state index contributed by atoms with van der Waals surface area (Å²) >= 11 is 0. The number of aryl methyl sites for hydroxylation is 1. The molecular weight excluding hydrogens is 314 g/mol. The number of hydrogen-bond donors (Lipinski definition) is 1. The van der Waals surface area contributed by atoms with Gasteiger partial charge in [0.05, 0.1) is 0 Å². The molecule has 0 spiro atoms. The summed E-state index contributed by atoms with van der Waals surface area (Å²) in [5.41, 5.74) is 9.83. The highest BCUT2D eigenvalue weighted by Crippen LogP contribution is 2.46. The fraction of sp³-hybridized carbons (Fsp3) is 0.360. The second kappa shape index (κ2) is 5.87. The molecule has 0 unspecified atom stereocenters. The van der Waals surface area contributed by atoms with Crippen molar-refractivity contribution in [3.05, 3.63) is 71.4 Å². The first-order valence-corrected chi connectivity index (χ1v) is 9.67. The molecule has 4 rings (SSSR count). The van der Waals surface area contributed by atoms with Crippen molar-refractivity contribution in [3.8, 4) is 22.4 Å². The van der Waals surface area contributed by atoms with Crippen molar-refractivity contribution in [2.45, 2.75) is 58.3 Å². The van der Waals surface area contributed by atoms with E-state index in [9.17, 15) is 0 Å². The van der Waals surface area contributed by atoms with Gasteiger partial charge in [0.1, 0.15) is 0 Å². The zero-order valence-corrected chi connectivity index (χ0v) is 16.6. The van der Waals surface area contributed by atoms with Gasteiger partial charge in [-0.2, -0.15) is 0 Å². The Hall–Kier alpha value is -2.28. The zero-order valence-electron chi connectivity index (χ0n) is 16.6. The van der Waals surface area contributed by atoms with Crippen LogP contribution in [0.15, 0.2) is 54.7 Å². The standard InChI is InChI=1S/C25H29N/c1-17-6-8-18(9-7-17)20-15-23(26-16-20)19-10-11-21-22(14-19)25(4,5)13-12-24(21,2)3/h6-11,14-16,26H,12-13H2,1-5H3. The molecule has 0 atom stereocenters. The van der Waals surface area contributed by atoms with E-state index in [0.29, 0.717) is 0 Å². The maximum absolute atomic E-state index is 3.49. The molecule has 0 saturated heterocycles. The second-order valence-corrected chi connectivity index (χ2v) is 9.20. The monoisotopic (exact) mass is 343 g/mol. The molecule has 0 saturated carbocycles. The lowest BCUT2D eigenvalue weighted by atomic mass is 9.63. The quantitative estimate of drug-likeness (QED) is 0.515. The number of fused-ring (bicyclic) bond motifs is 1. The van der Waals surface area contributed by atoms with Gasteiger partial charge in [-0.3, -0.25) is 0 Å². The first-order valence-electron chi connectivity index (χ1n) is 9.67. The van der Waals surface area contributed by atoms with E-state index in [1.165, 1.54) is 51.9 Å². The van der Waals surface area contributed by atoms with E-state index < -0.39 is 0 Å². The molecule has 2 aromatic carbocycles. The zero-order chi connectivity index (χ0) is 18.5. The summed E-state index contributed by atoms with van der Waals surface area (Å²) in [5.74, 6) is 0. The third kappa shape index (κ3) is 2.90. The van der Waals surface area contributed by atoms with Crippen LogP contribution in [0, 0.1) is 6.92 Å². The molecule has 1 aromatic heterocycles. The number of nitrogens with one attached hydrogen (secondary N) is 1. The minimum Gasteiger partial charge on any atom is -0.361 e. The Morgan fingerprint density at radius 3 is 2.00 bits per heavy atom. The van der Waals surface area contributed by atoms with Crippen LogP contribution >= 0.6 is 0 Å². The molecule has 0 aliphatic heterocycles. The average molecular weight is 344 g/mol. The fourth-order valence-electron chi connectivity index (χ4n) is 4.23. The first kappa shape index (κ1) is 17.1. The van der Waals surface area contributed by atoms with Gasteiger partial charge in [0.25, 0.3) is 0 Å². The van der Waals surface area contributed by atoms with E-state index in [2.05, 4.69) is 94.3 Å². The van der Waals surface area contributed by atoms with Crippen molar-refractivity contribution in [1.29, 1.82) is 0 Å². The van der Waals surface area contributed by atoms with Crippen LogP contribution in [-0.2, 0) is 10.8 Å². The minimum absolute atomic E-state index is 0.243. The second-order valence-electron chi connectivity index (χ2n) is 9.20. The molecule has 3 aromatic rings. The van der Waals surface area contributed by atoms with E-state index in [-0.39, 0.29) is 10.8 Å². The number of aromatic amines is 1. The summed E-state index contributed by atoms with van der Waals surface area (Å²) in [6.45, 7) is 11.7. The summed E-state index contributed by atoms with van der Waals surface area (Å²) in [4.78, 5) is 3.49. The van der Waals surface area contributed by atoms with Crippen LogP contribution in [0.5, 0.6) is 0 Å². The summed E-state index contributed by atoms with van der Waals surface area (Å²) in [7, 11) is 0. The van der Waals surface area contributed by atoms with Crippen molar-refractivity contribution in [2.24, 2.45) is 0 Å². The summed E-state index contributed by atoms with van der Waals surface area (Å²) in [6.07, 6.45) is 4.62. The fourth-order valence-corrected chi connectivity index (χ4v) is 4.23. The third-order valence-electron chi connectivity index (χ3n) is 6.23. The van der Waals surface area contributed by atoms with Gasteiger partial charge in [-0.05, 0) is 70.5 Å². The third-order valence-corrected chi connectivity index (χ3v) is 6.23. The predicted molar refractivity (Wildman–Crippen MR) is 112 cm³/mol. The predicted octanol–water partition coefficient (Wildman–Crippen LogP) is 7.01. The molecule has 0 bridgehead atoms. The van der Waals surface area contributed by atoms with Crippen molar-refractivity contribution in [3.63, 3.8) is 0 Å². The maximum atomic E-state index is 3.49. The normalized spacial score (nSPS) is 17.7. The topological polar surface area (TPSA) is 15.8 Å². The van der Waals surface area contributed by atoms with Crippen molar-refractivity contribution < 1.29 is 0 Å². The van der Waals surface area contributed by atoms with Crippen LogP contribution in [-0.4, -0.2) is 4.98 Å². The smallest absolute Gasteiger partial charge is 0.0460 e. The summed E-state index contributed by atoms with van der Waals surface area (Å²) in [5, 5.41) is 0. The Balaban J connectivity index is 1.75. The number of rotatable bonds is 2. The first-order chi connectivity index (χ1) is 12.3. The van der Waals surface area contributed by atoms with Gasteiger partial charge < -0.3 is 4.98 Å². The van der Waals surface area contributed by atoms with Crippen molar-refractivity contribution in [1.82, 2.24) is 4.98 Å². The van der Waals surface area contributed by atoms with E-state index in [0.717, 1.165) is 0 Å². The molecule has 134 valence electrons. The van der Waals surface area contributed by atoms with Crippen LogP contribution in [0.25, 0.3) is 22.4 Å². The lowest BCUT2D eigenvalue weighted by molar-refractivity contribution is 0.332. The van der Waals surface area contributed by atoms with E-state index in [1.54, 1.807) is 0 Å². The minimum atomic E-state index is 0.243. The average Bonchev–Trinajstić information content (AvgIpc) is 3.09. The molecule has 0 radical (unpaired) electrons. The van der Waals surface area contributed by atoms with Gasteiger partial charge in [0.15, 0.2) is 0 Å². The van der Waals surface area contributed by atoms with Gasteiger partial charge in [-0.1, -0.05) is 69.7 Å². The maximum Gasteiger partial charge on any atom is 0.0460 e. The van der Waals surface area contributed by atoms with Crippen LogP contribution in [0.3, 0.4) is 0 Å². The Bertz CT molecular complexity index is 939. The molecular formula is C25H29N. The van der Waals surface area contributed by atoms with E-state index in [4.69, 9.17) is 0 Å². The van der Waals surface area contributed by atoms with Gasteiger partial charge in [-0.25, -0.2) is 0 Å². The van der Waals surface area contributed by atoms with E-state index in [1.807, 2.05) is 0 Å². The molecule has 1 nitrogen and oxygen atoms in total. The number of H-pyrrole nitrogens is 1. The summed E-state index contributed by atoms with van der Waals surface area (Å²) in [6, 6.07) is 18.1. The number of aromatic nitrogens is 1. The number of benzene rings is 2. The van der Waals surface area contributed by atoms with Gasteiger partial charge >= 0.3 is 0 Å². The largest absolute Gasteiger partial charge is 0.361 e. The molecule has 1 aliphatic carbocycles. The van der Waals surface area contributed by atoms with Crippen LogP contribution < -0.4 is 0 Å². The Morgan fingerprint density at radius 1 is 0.692 bits per heavy atom. The molecule has 26 heavy (non-hydrogen) atoms. The van der Waals surface area contributed by atoms with Crippen LogP contribution in [0.4, 0.5) is 0 Å². The molecule has 0 fully saturated rings. The Labute approximate surface area is 157 Å². The van der Waals surface area contributed by atoms with Crippen molar-refractivity contribution >= 4 is 0 Å². The highest BCUT2D eigenvalue weighted by atomic mass is 14.7. The highest BCUT2D eigenvalue weighted by molar-refractivity contribution is 5.72. The SMILES string of the molecule is Cc1ccc(-c2c[nH]c(-c3ccc4c(c3)C(C)(C)CCC4(C)C)c2)cc1. The van der Waals surface area contributed by atoms with Gasteiger partial charge in [-0.15, -0.1) is 0 Å². The number of hydrogen-bond acceptors (Lipinski definition) is 0. The molecule has 1 heteroatoms. The highest BCUT2D eigenvalue weighted by Gasteiger charge is 2.36. The summed E-state index contributed by atoms with van der Waals surface area (Å²) < 4.78 is 0. The van der Waals surface area contributed by atoms with E-state index >= 15 is 0 Å². The van der Waals surface area contributed by atoms with Crippen LogP contribution in [0.1, 0.15) is 57.2 Å². The molecule has 1 N–H and O–H groups in total. The molecule has 0 amide bonds. The van der Waals surface area contributed by atoms with Gasteiger partial charge in [0, 0.05) is 11.9 Å². The Kier molecular flexibility index (Phi) is 3.87. The lowest BCUT2D eigenvalue weighted by Gasteiger charge is -2.42. The molecule has 1 heterocycles. The lowest BCUT2D eigenvalue weighted by Crippen LogP contribution is -2.33. The molecule has 1 aliphatic rings.